The van der Waals surface area contributed by atoms with Gasteiger partial charge < -0.3 is 5.11 Å². The van der Waals surface area contributed by atoms with Crippen LogP contribution < -0.4 is 4.83 Å². The van der Waals surface area contributed by atoms with Crippen LogP contribution in [0.1, 0.15) is 27.0 Å². The smallest absolute Gasteiger partial charge is 0.336 e. The molecule has 0 aromatic heterocycles. The quantitative estimate of drug-likeness (QED) is 0.649. The number of nitrogens with one attached hydrogen (secondary N) is 1. The Balaban J connectivity index is 2.26. The number of carboxylic acids is 1. The van der Waals surface area contributed by atoms with Crippen LogP contribution in [0, 0.1) is 13.8 Å². The van der Waals surface area contributed by atoms with Crippen LogP contribution in [0.4, 0.5) is 0 Å². The largest absolute Gasteiger partial charge is 0.478 e. The maximum atomic E-state index is 12.3. The summed E-state index contributed by atoms with van der Waals surface area (Å²) in [7, 11) is -3.81. The zero-order chi connectivity index (χ0) is 17.0. The molecule has 0 radical (unpaired) electrons. The maximum absolute atomic E-state index is 12.3. The number of rotatable bonds is 5. The molecule has 0 aliphatic heterocycles. The molecule has 0 aliphatic rings. The van der Waals surface area contributed by atoms with Crippen LogP contribution in [0.15, 0.2) is 52.5 Å². The Bertz CT molecular complexity index is 873. The Morgan fingerprint density at radius 2 is 1.87 bits per heavy atom. The van der Waals surface area contributed by atoms with Gasteiger partial charge in [0.2, 0.25) is 0 Å². The molecule has 0 spiro atoms. The molecule has 7 heteroatoms. The lowest BCUT2D eigenvalue weighted by molar-refractivity contribution is 0.0696. The molecule has 0 unspecified atom stereocenters. The van der Waals surface area contributed by atoms with Gasteiger partial charge in [-0.1, -0.05) is 30.3 Å². The van der Waals surface area contributed by atoms with Crippen molar-refractivity contribution in [1.82, 2.24) is 4.83 Å². The molecular formula is C16H16N2O4S. The molecule has 2 N–H and O–H groups in total. The van der Waals surface area contributed by atoms with Crippen molar-refractivity contribution in [2.24, 2.45) is 5.10 Å². The number of carbonyl (C=O) groups is 1. The summed E-state index contributed by atoms with van der Waals surface area (Å²) in [6.45, 7) is 3.49. The van der Waals surface area contributed by atoms with Crippen LogP contribution in [0.25, 0.3) is 0 Å². The maximum Gasteiger partial charge on any atom is 0.336 e. The van der Waals surface area contributed by atoms with Gasteiger partial charge in [-0.2, -0.15) is 13.5 Å². The highest BCUT2D eigenvalue weighted by molar-refractivity contribution is 7.89. The number of aryl methyl sites for hydroxylation is 2. The zero-order valence-electron chi connectivity index (χ0n) is 12.6. The van der Waals surface area contributed by atoms with Gasteiger partial charge in [0.25, 0.3) is 10.0 Å². The molecule has 0 bridgehead atoms. The van der Waals surface area contributed by atoms with E-state index in [1.807, 2.05) is 6.07 Å². The number of sulfonamides is 1. The number of hydrazone groups is 1. The van der Waals surface area contributed by atoms with Gasteiger partial charge in [0.1, 0.15) is 0 Å². The normalized spacial score (nSPS) is 11.6. The number of hydrogen-bond acceptors (Lipinski definition) is 4. The van der Waals surface area contributed by atoms with Crippen molar-refractivity contribution in [3.63, 3.8) is 0 Å². The molecule has 0 heterocycles. The van der Waals surface area contributed by atoms with E-state index in [1.54, 1.807) is 44.2 Å². The lowest BCUT2D eigenvalue weighted by Gasteiger charge is -2.07. The number of benzene rings is 2. The third kappa shape index (κ3) is 3.95. The SMILES string of the molecule is Cc1ccc(C)c(S(=O)(=O)NN=Cc2ccccc2C(=O)O)c1. The zero-order valence-corrected chi connectivity index (χ0v) is 13.5. The highest BCUT2D eigenvalue weighted by atomic mass is 32.2. The third-order valence-electron chi connectivity index (χ3n) is 3.20. The van der Waals surface area contributed by atoms with E-state index in [0.29, 0.717) is 11.1 Å². The minimum atomic E-state index is -3.81. The summed E-state index contributed by atoms with van der Waals surface area (Å²) >= 11 is 0. The molecular weight excluding hydrogens is 316 g/mol. The second-order valence-corrected chi connectivity index (χ2v) is 6.64. The van der Waals surface area contributed by atoms with E-state index in [4.69, 9.17) is 5.11 Å². The van der Waals surface area contributed by atoms with Crippen LogP contribution in [0.5, 0.6) is 0 Å². The Hall–Kier alpha value is -2.67. The minimum Gasteiger partial charge on any atom is -0.478 e. The van der Waals surface area contributed by atoms with Crippen LogP contribution in [0.2, 0.25) is 0 Å². The summed E-state index contributed by atoms with van der Waals surface area (Å²) < 4.78 is 24.5. The fourth-order valence-electron chi connectivity index (χ4n) is 2.02. The summed E-state index contributed by atoms with van der Waals surface area (Å²) in [5, 5.41) is 12.7. The predicted octanol–water partition coefficient (Wildman–Crippen LogP) is 2.31. The van der Waals surface area contributed by atoms with Gasteiger partial charge in [-0.3, -0.25) is 0 Å². The van der Waals surface area contributed by atoms with Gasteiger partial charge >= 0.3 is 5.97 Å². The Morgan fingerprint density at radius 1 is 1.17 bits per heavy atom. The third-order valence-corrected chi connectivity index (χ3v) is 4.57. The highest BCUT2D eigenvalue weighted by Crippen LogP contribution is 2.16. The summed E-state index contributed by atoms with van der Waals surface area (Å²) in [5.41, 5.74) is 1.77. The monoisotopic (exact) mass is 332 g/mol. The van der Waals surface area contributed by atoms with Crippen molar-refractivity contribution in [1.29, 1.82) is 0 Å². The van der Waals surface area contributed by atoms with E-state index in [9.17, 15) is 13.2 Å². The molecule has 2 rings (SSSR count). The van der Waals surface area contributed by atoms with Gasteiger partial charge in [-0.15, -0.1) is 0 Å². The van der Waals surface area contributed by atoms with Gasteiger partial charge in [0.15, 0.2) is 0 Å². The number of nitrogens with zero attached hydrogens (tertiary/aromatic N) is 1. The van der Waals surface area contributed by atoms with Gasteiger partial charge in [0.05, 0.1) is 16.7 Å². The predicted molar refractivity (Wildman–Crippen MR) is 87.2 cm³/mol. The summed E-state index contributed by atoms with van der Waals surface area (Å²) in [4.78, 5) is 13.3. The Morgan fingerprint density at radius 3 is 2.57 bits per heavy atom. The standard InChI is InChI=1S/C16H16N2O4S/c1-11-7-8-12(2)15(9-11)23(21,22)18-17-10-13-5-3-4-6-14(13)16(19)20/h3-10,18H,1-2H3,(H,19,20). The van der Waals surface area contributed by atoms with Crippen molar-refractivity contribution >= 4 is 22.2 Å². The van der Waals surface area contributed by atoms with Gasteiger partial charge in [-0.05, 0) is 37.1 Å². The molecule has 23 heavy (non-hydrogen) atoms. The lowest BCUT2D eigenvalue weighted by atomic mass is 10.1. The average molecular weight is 332 g/mol. The van der Waals surface area contributed by atoms with Crippen molar-refractivity contribution < 1.29 is 18.3 Å². The van der Waals surface area contributed by atoms with Crippen LogP contribution in [-0.2, 0) is 10.0 Å². The molecule has 0 saturated carbocycles. The van der Waals surface area contributed by atoms with Gasteiger partial charge in [0, 0.05) is 5.56 Å². The number of aromatic carboxylic acids is 1. The molecule has 2 aromatic carbocycles. The number of carboxylic acid groups (broad SMARTS) is 1. The van der Waals surface area contributed by atoms with E-state index < -0.39 is 16.0 Å². The Kier molecular flexibility index (Phi) is 4.80. The minimum absolute atomic E-state index is 0.0437. The number of hydrogen-bond donors (Lipinski definition) is 2. The molecule has 120 valence electrons. The fourth-order valence-corrected chi connectivity index (χ4v) is 3.14. The van der Waals surface area contributed by atoms with Crippen molar-refractivity contribution in [3.8, 4) is 0 Å². The molecule has 0 aliphatic carbocycles. The second-order valence-electron chi connectivity index (χ2n) is 5.01. The molecule has 2 aromatic rings. The first-order chi connectivity index (χ1) is 10.8. The molecule has 0 amide bonds. The Labute approximate surface area is 134 Å². The van der Waals surface area contributed by atoms with Crippen LogP contribution >= 0.6 is 0 Å². The van der Waals surface area contributed by atoms with Crippen LogP contribution in [0.3, 0.4) is 0 Å². The van der Waals surface area contributed by atoms with E-state index in [0.717, 1.165) is 5.56 Å². The topological polar surface area (TPSA) is 95.8 Å². The molecule has 0 fully saturated rings. The first kappa shape index (κ1) is 16.7. The molecule has 6 nitrogen and oxygen atoms in total. The van der Waals surface area contributed by atoms with Crippen LogP contribution in [-0.4, -0.2) is 25.7 Å². The first-order valence-corrected chi connectivity index (χ1v) is 8.24. The van der Waals surface area contributed by atoms with E-state index in [1.165, 1.54) is 12.3 Å². The second kappa shape index (κ2) is 6.62. The van der Waals surface area contributed by atoms with E-state index in [2.05, 4.69) is 9.93 Å². The summed E-state index contributed by atoms with van der Waals surface area (Å²) in [5.74, 6) is -1.11. The van der Waals surface area contributed by atoms with E-state index in [-0.39, 0.29) is 10.5 Å². The lowest BCUT2D eigenvalue weighted by Crippen LogP contribution is -2.19. The van der Waals surface area contributed by atoms with Gasteiger partial charge in [-0.25, -0.2) is 9.63 Å². The summed E-state index contributed by atoms with van der Waals surface area (Å²) in [6.07, 6.45) is 1.17. The molecule has 0 atom stereocenters. The van der Waals surface area contributed by atoms with Crippen molar-refractivity contribution in [3.05, 3.63) is 64.7 Å². The first-order valence-electron chi connectivity index (χ1n) is 6.76. The van der Waals surface area contributed by atoms with E-state index >= 15 is 0 Å². The van der Waals surface area contributed by atoms with Crippen molar-refractivity contribution in [2.45, 2.75) is 18.7 Å². The van der Waals surface area contributed by atoms with Crippen molar-refractivity contribution in [2.75, 3.05) is 0 Å². The summed E-state index contributed by atoms with van der Waals surface area (Å²) in [6, 6.07) is 11.3. The highest BCUT2D eigenvalue weighted by Gasteiger charge is 2.16. The molecule has 0 saturated heterocycles. The average Bonchev–Trinajstić information content (AvgIpc) is 2.49. The fraction of sp³-hybridized carbons (Fsp3) is 0.125.